The van der Waals surface area contributed by atoms with Crippen LogP contribution in [0.1, 0.15) is 31.2 Å². The summed E-state index contributed by atoms with van der Waals surface area (Å²) in [6, 6.07) is 8.15. The van der Waals surface area contributed by atoms with E-state index >= 15 is 0 Å². The van der Waals surface area contributed by atoms with E-state index in [2.05, 4.69) is 19.1 Å². The molecule has 2 amide bonds. The van der Waals surface area contributed by atoms with Crippen LogP contribution in [0.4, 0.5) is 0 Å². The van der Waals surface area contributed by atoms with Gasteiger partial charge >= 0.3 is 0 Å². The van der Waals surface area contributed by atoms with Crippen molar-refractivity contribution in [3.05, 3.63) is 29.8 Å². The first-order valence-electron chi connectivity index (χ1n) is 8.90. The van der Waals surface area contributed by atoms with Crippen molar-refractivity contribution in [2.24, 2.45) is 5.92 Å². The number of piperazine rings is 1. The molecule has 2 fully saturated rings. The number of benzene rings is 1. The quantitative estimate of drug-likeness (QED) is 0.787. The summed E-state index contributed by atoms with van der Waals surface area (Å²) >= 11 is 1.60. The molecule has 1 heterocycles. The third kappa shape index (κ3) is 4.12. The van der Waals surface area contributed by atoms with E-state index in [4.69, 9.17) is 0 Å². The highest BCUT2D eigenvalue weighted by Gasteiger charge is 2.30. The van der Waals surface area contributed by atoms with Gasteiger partial charge in [-0.25, -0.2) is 0 Å². The summed E-state index contributed by atoms with van der Waals surface area (Å²) in [4.78, 5) is 29.9. The van der Waals surface area contributed by atoms with Crippen molar-refractivity contribution in [3.63, 3.8) is 0 Å². The number of hydrogen-bond acceptors (Lipinski definition) is 3. The highest BCUT2D eigenvalue weighted by molar-refractivity contribution is 8.00. The van der Waals surface area contributed by atoms with Gasteiger partial charge in [0.25, 0.3) is 0 Å². The number of rotatable bonds is 4. The molecule has 0 atom stereocenters. The van der Waals surface area contributed by atoms with Gasteiger partial charge in [0.05, 0.1) is 5.75 Å². The SMILES string of the molecule is Cc1ccccc1SCC(=O)N1CCN(C(=O)C2CCCC2)CC1. The number of aryl methyl sites for hydroxylation is 1. The predicted octanol–water partition coefficient (Wildman–Crippen LogP) is 2.95. The maximum Gasteiger partial charge on any atom is 0.233 e. The van der Waals surface area contributed by atoms with Gasteiger partial charge in [0.2, 0.25) is 11.8 Å². The lowest BCUT2D eigenvalue weighted by Gasteiger charge is -2.36. The highest BCUT2D eigenvalue weighted by atomic mass is 32.2. The molecular weight excluding hydrogens is 320 g/mol. The summed E-state index contributed by atoms with van der Waals surface area (Å²) in [6.45, 7) is 4.80. The van der Waals surface area contributed by atoms with Crippen LogP contribution in [0.25, 0.3) is 0 Å². The zero-order chi connectivity index (χ0) is 16.9. The maximum absolute atomic E-state index is 12.4. The fourth-order valence-corrected chi connectivity index (χ4v) is 4.49. The van der Waals surface area contributed by atoms with Crippen molar-refractivity contribution in [3.8, 4) is 0 Å². The Morgan fingerprint density at radius 2 is 1.67 bits per heavy atom. The molecule has 24 heavy (non-hydrogen) atoms. The van der Waals surface area contributed by atoms with E-state index in [9.17, 15) is 9.59 Å². The average molecular weight is 346 g/mol. The van der Waals surface area contributed by atoms with Gasteiger partial charge < -0.3 is 9.80 Å². The third-order valence-corrected chi connectivity index (χ3v) is 6.25. The van der Waals surface area contributed by atoms with Crippen molar-refractivity contribution in [1.82, 2.24) is 9.80 Å². The molecule has 1 aromatic carbocycles. The van der Waals surface area contributed by atoms with Crippen LogP contribution in [0.2, 0.25) is 0 Å². The van der Waals surface area contributed by atoms with E-state index in [0.29, 0.717) is 37.8 Å². The fraction of sp³-hybridized carbons (Fsp3) is 0.579. The lowest BCUT2D eigenvalue weighted by atomic mass is 10.1. The standard InChI is InChI=1S/C19H26N2O2S/c1-15-6-2-5-9-17(15)24-14-18(22)20-10-12-21(13-11-20)19(23)16-7-3-4-8-16/h2,5-6,9,16H,3-4,7-8,10-14H2,1H3. The molecule has 1 aliphatic carbocycles. The van der Waals surface area contributed by atoms with Crippen LogP contribution in [-0.4, -0.2) is 53.5 Å². The van der Waals surface area contributed by atoms with E-state index in [1.165, 1.54) is 23.3 Å². The third-order valence-electron chi connectivity index (χ3n) is 5.09. The van der Waals surface area contributed by atoms with E-state index in [-0.39, 0.29) is 11.8 Å². The summed E-state index contributed by atoms with van der Waals surface area (Å²) in [7, 11) is 0. The molecule has 0 N–H and O–H groups in total. The molecule has 130 valence electrons. The van der Waals surface area contributed by atoms with Crippen molar-refractivity contribution in [2.45, 2.75) is 37.5 Å². The molecule has 1 aromatic rings. The molecule has 5 heteroatoms. The van der Waals surface area contributed by atoms with E-state index in [0.717, 1.165) is 12.8 Å². The summed E-state index contributed by atoms with van der Waals surface area (Å²) in [5.74, 6) is 1.20. The zero-order valence-electron chi connectivity index (χ0n) is 14.4. The molecule has 0 spiro atoms. The minimum absolute atomic E-state index is 0.177. The molecule has 3 rings (SSSR count). The van der Waals surface area contributed by atoms with Crippen molar-refractivity contribution >= 4 is 23.6 Å². The van der Waals surface area contributed by atoms with E-state index < -0.39 is 0 Å². The summed E-state index contributed by atoms with van der Waals surface area (Å²) in [5.41, 5.74) is 1.21. The van der Waals surface area contributed by atoms with E-state index in [1.807, 2.05) is 21.9 Å². The second kappa shape index (κ2) is 8.06. The fourth-order valence-electron chi connectivity index (χ4n) is 3.56. The molecule has 0 unspecified atom stereocenters. The Hall–Kier alpha value is -1.49. The van der Waals surface area contributed by atoms with Gasteiger partial charge in [0, 0.05) is 37.0 Å². The summed E-state index contributed by atoms with van der Waals surface area (Å²) in [6.07, 6.45) is 4.46. The number of thioether (sulfide) groups is 1. The monoisotopic (exact) mass is 346 g/mol. The number of hydrogen-bond donors (Lipinski definition) is 0. The highest BCUT2D eigenvalue weighted by Crippen LogP contribution is 2.27. The Kier molecular flexibility index (Phi) is 5.82. The molecule has 0 radical (unpaired) electrons. The van der Waals surface area contributed by atoms with Crippen molar-refractivity contribution in [1.29, 1.82) is 0 Å². The molecular formula is C19H26N2O2S. The van der Waals surface area contributed by atoms with Crippen molar-refractivity contribution < 1.29 is 9.59 Å². The number of amides is 2. The topological polar surface area (TPSA) is 40.6 Å². The van der Waals surface area contributed by atoms with Crippen LogP contribution in [0, 0.1) is 12.8 Å². The van der Waals surface area contributed by atoms with Crippen LogP contribution in [0.3, 0.4) is 0 Å². The first-order chi connectivity index (χ1) is 11.6. The summed E-state index contributed by atoms with van der Waals surface area (Å²) < 4.78 is 0. The lowest BCUT2D eigenvalue weighted by Crippen LogP contribution is -2.52. The van der Waals surface area contributed by atoms with Gasteiger partial charge in [-0.05, 0) is 31.4 Å². The Bertz CT molecular complexity index is 591. The Morgan fingerprint density at radius 3 is 2.33 bits per heavy atom. The van der Waals surface area contributed by atoms with Gasteiger partial charge in [-0.15, -0.1) is 11.8 Å². The Balaban J connectivity index is 1.45. The average Bonchev–Trinajstić information content (AvgIpc) is 3.15. The minimum atomic E-state index is 0.177. The van der Waals surface area contributed by atoms with Gasteiger partial charge in [0.15, 0.2) is 0 Å². The molecule has 0 bridgehead atoms. The predicted molar refractivity (Wildman–Crippen MR) is 97.0 cm³/mol. The zero-order valence-corrected chi connectivity index (χ0v) is 15.2. The molecule has 1 saturated carbocycles. The Morgan fingerprint density at radius 1 is 1.04 bits per heavy atom. The normalized spacial score (nSPS) is 18.9. The summed E-state index contributed by atoms with van der Waals surface area (Å²) in [5, 5.41) is 0. The van der Waals surface area contributed by atoms with Gasteiger partial charge in [-0.1, -0.05) is 31.0 Å². The molecule has 1 aliphatic heterocycles. The molecule has 1 saturated heterocycles. The van der Waals surface area contributed by atoms with Crippen molar-refractivity contribution in [2.75, 3.05) is 31.9 Å². The van der Waals surface area contributed by atoms with E-state index in [1.54, 1.807) is 11.8 Å². The van der Waals surface area contributed by atoms with Gasteiger partial charge in [-0.2, -0.15) is 0 Å². The van der Waals surface area contributed by atoms with Gasteiger partial charge in [0.1, 0.15) is 0 Å². The first kappa shape index (κ1) is 17.3. The minimum Gasteiger partial charge on any atom is -0.339 e. The molecule has 4 nitrogen and oxygen atoms in total. The van der Waals surface area contributed by atoms with Crippen LogP contribution >= 0.6 is 11.8 Å². The smallest absolute Gasteiger partial charge is 0.233 e. The number of carbonyl (C=O) groups excluding carboxylic acids is 2. The van der Waals surface area contributed by atoms with Crippen LogP contribution in [0.15, 0.2) is 29.2 Å². The second-order valence-corrected chi connectivity index (χ2v) is 7.76. The molecule has 2 aliphatic rings. The second-order valence-electron chi connectivity index (χ2n) is 6.74. The number of carbonyl (C=O) groups is 2. The van der Waals surface area contributed by atoms with Crippen LogP contribution in [-0.2, 0) is 9.59 Å². The van der Waals surface area contributed by atoms with Crippen LogP contribution < -0.4 is 0 Å². The number of nitrogens with zero attached hydrogens (tertiary/aromatic N) is 2. The first-order valence-corrected chi connectivity index (χ1v) is 9.88. The van der Waals surface area contributed by atoms with Gasteiger partial charge in [-0.3, -0.25) is 9.59 Å². The van der Waals surface area contributed by atoms with Crippen LogP contribution in [0.5, 0.6) is 0 Å². The largest absolute Gasteiger partial charge is 0.339 e. The Labute approximate surface area is 148 Å². The maximum atomic E-state index is 12.4. The lowest BCUT2D eigenvalue weighted by molar-refractivity contribution is -0.141. The molecule has 0 aromatic heterocycles.